The lowest BCUT2D eigenvalue weighted by Gasteiger charge is -2.18. The predicted molar refractivity (Wildman–Crippen MR) is 94.6 cm³/mol. The van der Waals surface area contributed by atoms with Gasteiger partial charge in [0.05, 0.1) is 13.1 Å². The second-order valence-electron chi connectivity index (χ2n) is 6.57. The number of guanidine groups is 1. The largest absolute Gasteiger partial charge is 0.401 e. The van der Waals surface area contributed by atoms with E-state index < -0.39 is 12.7 Å². The van der Waals surface area contributed by atoms with Crippen molar-refractivity contribution in [2.75, 3.05) is 32.7 Å². The van der Waals surface area contributed by atoms with Gasteiger partial charge < -0.3 is 10.6 Å². The molecule has 1 aromatic carbocycles. The van der Waals surface area contributed by atoms with Crippen LogP contribution >= 0.6 is 0 Å². The van der Waals surface area contributed by atoms with E-state index in [1.165, 1.54) is 10.5 Å². The maximum atomic E-state index is 12.4. The number of likely N-dealkylation sites (tertiary alicyclic amines) is 1. The molecule has 1 fully saturated rings. The molecule has 0 radical (unpaired) electrons. The van der Waals surface area contributed by atoms with Gasteiger partial charge in [0.2, 0.25) is 0 Å². The van der Waals surface area contributed by atoms with E-state index in [-0.39, 0.29) is 5.92 Å². The van der Waals surface area contributed by atoms with Crippen LogP contribution in [0.5, 0.6) is 0 Å². The van der Waals surface area contributed by atoms with E-state index in [1.807, 2.05) is 26.0 Å². The molecule has 7 heteroatoms. The highest BCUT2D eigenvalue weighted by atomic mass is 19.4. The molecular weight excluding hydrogens is 329 g/mol. The molecule has 0 amide bonds. The number of nitrogens with zero attached hydrogens (tertiary/aromatic N) is 2. The molecule has 25 heavy (non-hydrogen) atoms. The van der Waals surface area contributed by atoms with E-state index in [9.17, 15) is 13.2 Å². The van der Waals surface area contributed by atoms with Gasteiger partial charge in [-0.05, 0) is 38.3 Å². The Morgan fingerprint density at radius 3 is 2.60 bits per heavy atom. The van der Waals surface area contributed by atoms with Gasteiger partial charge in [0.15, 0.2) is 5.96 Å². The van der Waals surface area contributed by atoms with Crippen LogP contribution in [-0.4, -0.2) is 49.8 Å². The minimum atomic E-state index is -4.12. The lowest BCUT2D eigenvalue weighted by atomic mass is 10.1. The Hall–Kier alpha value is -1.76. The van der Waals surface area contributed by atoms with Gasteiger partial charge in [-0.15, -0.1) is 0 Å². The van der Waals surface area contributed by atoms with Gasteiger partial charge in [0.25, 0.3) is 0 Å². The van der Waals surface area contributed by atoms with Crippen LogP contribution in [-0.2, 0) is 6.54 Å². The van der Waals surface area contributed by atoms with Crippen molar-refractivity contribution >= 4 is 5.96 Å². The Kier molecular flexibility index (Phi) is 7.11. The molecule has 0 aromatic heterocycles. The first-order valence-electron chi connectivity index (χ1n) is 8.72. The predicted octanol–water partition coefficient (Wildman–Crippen LogP) is 2.93. The van der Waals surface area contributed by atoms with Gasteiger partial charge in [-0.2, -0.15) is 13.2 Å². The third kappa shape index (κ3) is 7.34. The zero-order valence-corrected chi connectivity index (χ0v) is 14.9. The van der Waals surface area contributed by atoms with Crippen LogP contribution in [0.4, 0.5) is 13.2 Å². The van der Waals surface area contributed by atoms with Crippen LogP contribution in [0.1, 0.15) is 24.5 Å². The fourth-order valence-electron chi connectivity index (χ4n) is 2.92. The lowest BCUT2D eigenvalue weighted by Crippen LogP contribution is -2.40. The van der Waals surface area contributed by atoms with Crippen molar-refractivity contribution in [2.24, 2.45) is 10.9 Å². The fraction of sp³-hybridized carbons (Fsp3) is 0.611. The van der Waals surface area contributed by atoms with E-state index in [1.54, 1.807) is 0 Å². The van der Waals surface area contributed by atoms with E-state index in [0.717, 1.165) is 18.5 Å². The Morgan fingerprint density at radius 1 is 1.24 bits per heavy atom. The van der Waals surface area contributed by atoms with Crippen molar-refractivity contribution in [1.82, 2.24) is 15.5 Å². The summed E-state index contributed by atoms with van der Waals surface area (Å²) in [5.41, 5.74) is 2.34. The summed E-state index contributed by atoms with van der Waals surface area (Å²) in [6, 6.07) is 8.21. The third-order valence-corrected chi connectivity index (χ3v) is 4.22. The summed E-state index contributed by atoms with van der Waals surface area (Å²) in [7, 11) is 0. The Morgan fingerprint density at radius 2 is 1.96 bits per heavy atom. The average molecular weight is 356 g/mol. The summed E-state index contributed by atoms with van der Waals surface area (Å²) in [5, 5.41) is 6.44. The van der Waals surface area contributed by atoms with Crippen molar-refractivity contribution in [3.8, 4) is 0 Å². The van der Waals surface area contributed by atoms with Gasteiger partial charge in [-0.3, -0.25) is 4.90 Å². The normalized spacial score (nSPS) is 19.2. The van der Waals surface area contributed by atoms with Crippen molar-refractivity contribution in [3.05, 3.63) is 35.4 Å². The summed E-state index contributed by atoms with van der Waals surface area (Å²) < 4.78 is 37.3. The molecule has 2 N–H and O–H groups in total. The molecule has 2 rings (SSSR count). The maximum Gasteiger partial charge on any atom is 0.401 e. The van der Waals surface area contributed by atoms with Gasteiger partial charge in [0, 0.05) is 19.6 Å². The SMILES string of the molecule is CCNC(=NCc1ccc(C)cc1)NCC1CCN(CC(F)(F)F)C1. The molecule has 0 aliphatic carbocycles. The number of aryl methyl sites for hydroxylation is 1. The molecule has 4 nitrogen and oxygen atoms in total. The van der Waals surface area contributed by atoms with Crippen molar-refractivity contribution in [3.63, 3.8) is 0 Å². The first-order valence-corrected chi connectivity index (χ1v) is 8.72. The number of halogens is 3. The summed E-state index contributed by atoms with van der Waals surface area (Å²) in [6.45, 7) is 6.14. The van der Waals surface area contributed by atoms with Crippen molar-refractivity contribution < 1.29 is 13.2 Å². The Labute approximate surface area is 147 Å². The highest BCUT2D eigenvalue weighted by molar-refractivity contribution is 5.79. The number of rotatable bonds is 6. The van der Waals surface area contributed by atoms with Crippen LogP contribution in [0.3, 0.4) is 0 Å². The molecule has 140 valence electrons. The highest BCUT2D eigenvalue weighted by Crippen LogP contribution is 2.22. The minimum Gasteiger partial charge on any atom is -0.357 e. The number of benzene rings is 1. The molecule has 0 saturated carbocycles. The highest BCUT2D eigenvalue weighted by Gasteiger charge is 2.34. The smallest absolute Gasteiger partial charge is 0.357 e. The van der Waals surface area contributed by atoms with E-state index in [4.69, 9.17) is 0 Å². The molecule has 1 saturated heterocycles. The molecular formula is C18H27F3N4. The first-order chi connectivity index (χ1) is 11.9. The van der Waals surface area contributed by atoms with E-state index in [2.05, 4.69) is 27.8 Å². The standard InChI is InChI=1S/C18H27F3N4/c1-3-22-17(23-10-15-6-4-14(2)5-7-15)24-11-16-8-9-25(12-16)13-18(19,20)21/h4-7,16H,3,8-13H2,1-2H3,(H2,22,23,24). The minimum absolute atomic E-state index is 0.214. The quantitative estimate of drug-likeness (QED) is 0.608. The van der Waals surface area contributed by atoms with Crippen LogP contribution in [0.2, 0.25) is 0 Å². The molecule has 1 aliphatic heterocycles. The zero-order valence-electron chi connectivity index (χ0n) is 14.9. The number of aliphatic imine (C=N–C) groups is 1. The second-order valence-corrected chi connectivity index (χ2v) is 6.57. The number of hydrogen-bond acceptors (Lipinski definition) is 2. The number of alkyl halides is 3. The van der Waals surface area contributed by atoms with Gasteiger partial charge >= 0.3 is 6.18 Å². The molecule has 1 unspecified atom stereocenters. The van der Waals surface area contributed by atoms with Crippen molar-refractivity contribution in [2.45, 2.75) is 33.0 Å². The van der Waals surface area contributed by atoms with E-state index in [0.29, 0.717) is 32.1 Å². The topological polar surface area (TPSA) is 39.7 Å². The summed E-state index contributed by atoms with van der Waals surface area (Å²) in [4.78, 5) is 6.03. The third-order valence-electron chi connectivity index (χ3n) is 4.22. The summed E-state index contributed by atoms with van der Waals surface area (Å²) in [5.74, 6) is 0.919. The number of nitrogens with one attached hydrogen (secondary N) is 2. The van der Waals surface area contributed by atoms with E-state index >= 15 is 0 Å². The fourth-order valence-corrected chi connectivity index (χ4v) is 2.92. The monoisotopic (exact) mass is 356 g/mol. The van der Waals surface area contributed by atoms with Crippen LogP contribution < -0.4 is 10.6 Å². The van der Waals surface area contributed by atoms with Crippen LogP contribution in [0.15, 0.2) is 29.3 Å². The van der Waals surface area contributed by atoms with Gasteiger partial charge in [-0.1, -0.05) is 29.8 Å². The summed E-state index contributed by atoms with van der Waals surface area (Å²) in [6.07, 6.45) is -3.34. The van der Waals surface area contributed by atoms with Crippen LogP contribution in [0.25, 0.3) is 0 Å². The zero-order chi connectivity index (χ0) is 18.3. The lowest BCUT2D eigenvalue weighted by molar-refractivity contribution is -0.143. The maximum absolute atomic E-state index is 12.4. The molecule has 0 bridgehead atoms. The number of hydrogen-bond donors (Lipinski definition) is 2. The first kappa shape index (κ1) is 19.6. The molecule has 0 spiro atoms. The second kappa shape index (κ2) is 9.08. The van der Waals surface area contributed by atoms with Gasteiger partial charge in [-0.25, -0.2) is 4.99 Å². The van der Waals surface area contributed by atoms with Gasteiger partial charge in [0.1, 0.15) is 0 Å². The molecule has 1 heterocycles. The molecule has 1 aliphatic rings. The molecule has 1 atom stereocenters. The average Bonchev–Trinajstić information content (AvgIpc) is 2.97. The Bertz CT molecular complexity index is 554. The molecule has 1 aromatic rings. The summed E-state index contributed by atoms with van der Waals surface area (Å²) >= 11 is 0. The Balaban J connectivity index is 1.81. The van der Waals surface area contributed by atoms with Crippen molar-refractivity contribution in [1.29, 1.82) is 0 Å². The van der Waals surface area contributed by atoms with Crippen LogP contribution in [0, 0.1) is 12.8 Å².